The summed E-state index contributed by atoms with van der Waals surface area (Å²) in [7, 11) is 3.00. The summed E-state index contributed by atoms with van der Waals surface area (Å²) in [5.41, 5.74) is 0.533. The van der Waals surface area contributed by atoms with Crippen LogP contribution in [0.15, 0.2) is 12.1 Å². The smallest absolute Gasteiger partial charge is 0.412 e. The summed E-state index contributed by atoms with van der Waals surface area (Å²) in [6.07, 6.45) is -0.0862. The molecule has 7 nitrogen and oxygen atoms in total. The molecule has 1 amide bonds. The van der Waals surface area contributed by atoms with Crippen LogP contribution in [-0.4, -0.2) is 37.0 Å². The standard InChI is InChI=1S/C17H23NO6/c1-17(2,3)24-16(21)18-12-8-14(23-5)13(22-4)7-10(12)9-6-11(9)15(19)20/h7-9,11H,6H2,1-5H3,(H,18,21)(H,19,20). The maximum Gasteiger partial charge on any atom is 0.412 e. The molecule has 2 atom stereocenters. The van der Waals surface area contributed by atoms with Crippen LogP contribution in [0, 0.1) is 5.92 Å². The largest absolute Gasteiger partial charge is 0.493 e. The van der Waals surface area contributed by atoms with Gasteiger partial charge in [-0.2, -0.15) is 0 Å². The molecule has 0 bridgehead atoms. The van der Waals surface area contributed by atoms with Gasteiger partial charge in [-0.05, 0) is 38.8 Å². The van der Waals surface area contributed by atoms with Crippen LogP contribution in [0.3, 0.4) is 0 Å². The molecule has 1 aromatic rings. The van der Waals surface area contributed by atoms with Crippen molar-refractivity contribution in [3.63, 3.8) is 0 Å². The van der Waals surface area contributed by atoms with Crippen molar-refractivity contribution >= 4 is 17.7 Å². The van der Waals surface area contributed by atoms with E-state index in [0.717, 1.165) is 0 Å². The fraction of sp³-hybridized carbons (Fsp3) is 0.529. The van der Waals surface area contributed by atoms with E-state index < -0.39 is 23.6 Å². The summed E-state index contributed by atoms with van der Waals surface area (Å²) >= 11 is 0. The fourth-order valence-corrected chi connectivity index (χ4v) is 2.53. The molecule has 1 fully saturated rings. The Hall–Kier alpha value is -2.44. The van der Waals surface area contributed by atoms with Crippen molar-refractivity contribution in [1.29, 1.82) is 0 Å². The number of amides is 1. The predicted octanol–water partition coefficient (Wildman–Crippen LogP) is 3.24. The molecule has 0 spiro atoms. The van der Waals surface area contributed by atoms with Crippen molar-refractivity contribution < 1.29 is 28.9 Å². The number of carbonyl (C=O) groups is 2. The highest BCUT2D eigenvalue weighted by Gasteiger charge is 2.45. The van der Waals surface area contributed by atoms with Crippen LogP contribution >= 0.6 is 0 Å². The van der Waals surface area contributed by atoms with Gasteiger partial charge in [0.1, 0.15) is 5.60 Å². The van der Waals surface area contributed by atoms with Crippen LogP contribution in [0.5, 0.6) is 11.5 Å². The average molecular weight is 337 g/mol. The molecule has 0 saturated heterocycles. The van der Waals surface area contributed by atoms with E-state index in [0.29, 0.717) is 29.2 Å². The summed E-state index contributed by atoms with van der Waals surface area (Å²) in [6.45, 7) is 5.30. The van der Waals surface area contributed by atoms with E-state index in [4.69, 9.17) is 19.3 Å². The fourth-order valence-electron chi connectivity index (χ4n) is 2.53. The number of hydrogen-bond donors (Lipinski definition) is 2. The Balaban J connectivity index is 2.33. The van der Waals surface area contributed by atoms with Gasteiger partial charge in [-0.15, -0.1) is 0 Å². The van der Waals surface area contributed by atoms with Crippen LogP contribution < -0.4 is 14.8 Å². The van der Waals surface area contributed by atoms with Gasteiger partial charge >= 0.3 is 12.1 Å². The Kier molecular flexibility index (Phi) is 4.91. The third kappa shape index (κ3) is 4.10. The molecule has 132 valence electrons. The van der Waals surface area contributed by atoms with Crippen LogP contribution in [-0.2, 0) is 9.53 Å². The quantitative estimate of drug-likeness (QED) is 0.856. The molecule has 0 heterocycles. The number of rotatable bonds is 5. The van der Waals surface area contributed by atoms with Gasteiger partial charge in [0, 0.05) is 12.0 Å². The molecule has 2 N–H and O–H groups in total. The molecule has 2 unspecified atom stereocenters. The number of benzene rings is 1. The summed E-state index contributed by atoms with van der Waals surface area (Å²) in [6, 6.07) is 3.33. The minimum absolute atomic E-state index is 0.174. The first-order chi connectivity index (χ1) is 11.2. The lowest BCUT2D eigenvalue weighted by Crippen LogP contribution is -2.27. The number of carboxylic acids is 1. The summed E-state index contributed by atoms with van der Waals surface area (Å²) in [4.78, 5) is 23.2. The highest BCUT2D eigenvalue weighted by molar-refractivity contribution is 5.88. The van der Waals surface area contributed by atoms with Gasteiger partial charge < -0.3 is 19.3 Å². The maximum atomic E-state index is 12.1. The second-order valence-corrected chi connectivity index (χ2v) is 6.71. The van der Waals surface area contributed by atoms with Gasteiger partial charge in [0.25, 0.3) is 0 Å². The number of aliphatic carboxylic acids is 1. The molecule has 1 aromatic carbocycles. The normalized spacial score (nSPS) is 19.4. The summed E-state index contributed by atoms with van der Waals surface area (Å²) in [5.74, 6) is -0.550. The zero-order valence-corrected chi connectivity index (χ0v) is 14.5. The van der Waals surface area contributed by atoms with Crippen LogP contribution in [0.4, 0.5) is 10.5 Å². The molecule has 7 heteroatoms. The van der Waals surface area contributed by atoms with Gasteiger partial charge in [0.15, 0.2) is 11.5 Å². The second-order valence-electron chi connectivity index (χ2n) is 6.71. The van der Waals surface area contributed by atoms with E-state index in [-0.39, 0.29) is 5.92 Å². The molecule has 24 heavy (non-hydrogen) atoms. The zero-order chi connectivity index (χ0) is 18.1. The number of ether oxygens (including phenoxy) is 3. The predicted molar refractivity (Wildman–Crippen MR) is 87.9 cm³/mol. The summed E-state index contributed by atoms with van der Waals surface area (Å²) < 4.78 is 15.8. The number of carboxylic acid groups (broad SMARTS) is 1. The lowest BCUT2D eigenvalue weighted by molar-refractivity contribution is -0.138. The Bertz CT molecular complexity index is 649. The maximum absolute atomic E-state index is 12.1. The van der Waals surface area contributed by atoms with Crippen LogP contribution in [0.1, 0.15) is 38.7 Å². The first kappa shape index (κ1) is 17.9. The van der Waals surface area contributed by atoms with E-state index in [1.54, 1.807) is 32.9 Å². The van der Waals surface area contributed by atoms with Gasteiger partial charge in [-0.25, -0.2) is 4.79 Å². The van der Waals surface area contributed by atoms with Gasteiger partial charge in [-0.1, -0.05) is 0 Å². The molecule has 1 aliphatic rings. The third-order valence-corrected chi connectivity index (χ3v) is 3.70. The van der Waals surface area contributed by atoms with E-state index in [2.05, 4.69) is 5.32 Å². The van der Waals surface area contributed by atoms with Crippen molar-refractivity contribution in [3.05, 3.63) is 17.7 Å². The van der Waals surface area contributed by atoms with Gasteiger partial charge in [0.2, 0.25) is 0 Å². The first-order valence-electron chi connectivity index (χ1n) is 7.65. The van der Waals surface area contributed by atoms with Crippen molar-refractivity contribution in [3.8, 4) is 11.5 Å². The van der Waals surface area contributed by atoms with Gasteiger partial charge in [0.05, 0.1) is 25.8 Å². The Morgan fingerprint density at radius 1 is 1.17 bits per heavy atom. The van der Waals surface area contributed by atoms with Crippen molar-refractivity contribution in [2.75, 3.05) is 19.5 Å². The minimum atomic E-state index is -0.849. The highest BCUT2D eigenvalue weighted by Crippen LogP contribution is 2.52. The molecule has 0 radical (unpaired) electrons. The lowest BCUT2D eigenvalue weighted by Gasteiger charge is -2.21. The molecule has 1 aliphatic carbocycles. The average Bonchev–Trinajstić information content (AvgIpc) is 3.25. The molecule has 0 aromatic heterocycles. The van der Waals surface area contributed by atoms with E-state index in [9.17, 15) is 9.59 Å². The summed E-state index contributed by atoms with van der Waals surface area (Å²) in [5, 5.41) is 11.9. The Morgan fingerprint density at radius 2 is 1.75 bits per heavy atom. The minimum Gasteiger partial charge on any atom is -0.493 e. The van der Waals surface area contributed by atoms with Crippen molar-refractivity contribution in [2.24, 2.45) is 5.92 Å². The monoisotopic (exact) mass is 337 g/mol. The topological polar surface area (TPSA) is 94.1 Å². The number of methoxy groups -OCH3 is 2. The molecular weight excluding hydrogens is 314 g/mol. The Morgan fingerprint density at radius 3 is 2.21 bits per heavy atom. The van der Waals surface area contributed by atoms with E-state index in [1.165, 1.54) is 14.2 Å². The zero-order valence-electron chi connectivity index (χ0n) is 14.5. The lowest BCUT2D eigenvalue weighted by atomic mass is 10.1. The number of carbonyl (C=O) groups excluding carboxylic acids is 1. The van der Waals surface area contributed by atoms with E-state index >= 15 is 0 Å². The number of nitrogens with one attached hydrogen (secondary N) is 1. The highest BCUT2D eigenvalue weighted by atomic mass is 16.6. The molecule has 1 saturated carbocycles. The number of anilines is 1. The van der Waals surface area contributed by atoms with Crippen LogP contribution in [0.25, 0.3) is 0 Å². The number of hydrogen-bond acceptors (Lipinski definition) is 5. The second kappa shape index (κ2) is 6.59. The van der Waals surface area contributed by atoms with Crippen LogP contribution in [0.2, 0.25) is 0 Å². The Labute approximate surface area is 140 Å². The molecule has 2 rings (SSSR count). The van der Waals surface area contributed by atoms with E-state index in [1.807, 2.05) is 0 Å². The first-order valence-corrected chi connectivity index (χ1v) is 7.65. The third-order valence-electron chi connectivity index (χ3n) is 3.70. The SMILES string of the molecule is COc1cc(NC(=O)OC(C)(C)C)c(C2CC2C(=O)O)cc1OC. The van der Waals surface area contributed by atoms with Gasteiger partial charge in [-0.3, -0.25) is 10.1 Å². The molecular formula is C17H23NO6. The van der Waals surface area contributed by atoms with Crippen molar-refractivity contribution in [2.45, 2.75) is 38.7 Å². The van der Waals surface area contributed by atoms with Crippen molar-refractivity contribution in [1.82, 2.24) is 0 Å². The molecule has 0 aliphatic heterocycles.